The molecule has 1 N–H and O–H groups in total. The fraction of sp³-hybridized carbons (Fsp3) is 1.00. The number of aliphatic hydroxyl groups is 1. The van der Waals surface area contributed by atoms with Gasteiger partial charge in [-0.15, -0.1) is 0 Å². The first-order valence-corrected chi connectivity index (χ1v) is 6.84. The van der Waals surface area contributed by atoms with Crippen molar-refractivity contribution in [1.29, 1.82) is 0 Å². The predicted molar refractivity (Wildman–Crippen MR) is 71.2 cm³/mol. The van der Waals surface area contributed by atoms with Crippen molar-refractivity contribution in [3.05, 3.63) is 0 Å². The molecular formula is C14H29NO2. The summed E-state index contributed by atoms with van der Waals surface area (Å²) in [6.07, 6.45) is 3.32. The van der Waals surface area contributed by atoms with Gasteiger partial charge in [0.05, 0.1) is 11.7 Å². The van der Waals surface area contributed by atoms with Crippen LogP contribution in [0.25, 0.3) is 0 Å². The Kier molecular flexibility index (Phi) is 4.99. The molecule has 0 bridgehead atoms. The van der Waals surface area contributed by atoms with Crippen molar-refractivity contribution in [2.24, 2.45) is 5.41 Å². The first-order chi connectivity index (χ1) is 7.89. The Morgan fingerprint density at radius 1 is 1.35 bits per heavy atom. The third-order valence-corrected chi connectivity index (χ3v) is 4.78. The largest absolute Gasteiger partial charge is 0.389 e. The van der Waals surface area contributed by atoms with Gasteiger partial charge in [-0.3, -0.25) is 0 Å². The van der Waals surface area contributed by atoms with E-state index in [4.69, 9.17) is 4.74 Å². The minimum Gasteiger partial charge on any atom is -0.389 e. The Morgan fingerprint density at radius 3 is 2.35 bits per heavy atom. The molecule has 0 aromatic rings. The Hall–Kier alpha value is -0.120. The molecule has 17 heavy (non-hydrogen) atoms. The Morgan fingerprint density at radius 2 is 1.94 bits per heavy atom. The lowest BCUT2D eigenvalue weighted by molar-refractivity contribution is -0.0866. The number of hydrogen-bond donors (Lipinski definition) is 1. The van der Waals surface area contributed by atoms with Crippen LogP contribution in [0.1, 0.15) is 47.0 Å². The Balaban J connectivity index is 2.50. The van der Waals surface area contributed by atoms with Crippen LogP contribution in [0.5, 0.6) is 0 Å². The first-order valence-electron chi connectivity index (χ1n) is 6.84. The third kappa shape index (κ3) is 3.43. The second-order valence-electron chi connectivity index (χ2n) is 6.02. The maximum Gasteiger partial charge on any atom is 0.0950 e. The van der Waals surface area contributed by atoms with E-state index in [1.165, 1.54) is 19.3 Å². The lowest BCUT2D eigenvalue weighted by Gasteiger charge is -2.33. The van der Waals surface area contributed by atoms with E-state index < -0.39 is 11.7 Å². The van der Waals surface area contributed by atoms with Crippen LogP contribution >= 0.6 is 0 Å². The molecule has 1 heterocycles. The number of rotatable bonds is 6. The minimum atomic E-state index is -0.455. The summed E-state index contributed by atoms with van der Waals surface area (Å²) in [5, 5.41) is 10.2. The average molecular weight is 243 g/mol. The monoisotopic (exact) mass is 243 g/mol. The molecule has 1 fully saturated rings. The van der Waals surface area contributed by atoms with Gasteiger partial charge in [0.15, 0.2) is 0 Å². The van der Waals surface area contributed by atoms with Crippen molar-refractivity contribution in [2.45, 2.75) is 58.7 Å². The van der Waals surface area contributed by atoms with Crippen molar-refractivity contribution in [3.8, 4) is 0 Å². The van der Waals surface area contributed by atoms with E-state index in [1.807, 2.05) is 13.8 Å². The van der Waals surface area contributed by atoms with Gasteiger partial charge in [-0.25, -0.2) is 0 Å². The fourth-order valence-electron chi connectivity index (χ4n) is 2.61. The maximum absolute atomic E-state index is 10.2. The van der Waals surface area contributed by atoms with E-state index in [0.29, 0.717) is 5.41 Å². The summed E-state index contributed by atoms with van der Waals surface area (Å²) < 4.78 is 5.34. The molecule has 3 nitrogen and oxygen atoms in total. The van der Waals surface area contributed by atoms with Crippen molar-refractivity contribution in [1.82, 2.24) is 4.90 Å². The van der Waals surface area contributed by atoms with E-state index >= 15 is 0 Å². The molecule has 0 saturated carbocycles. The van der Waals surface area contributed by atoms with Crippen LogP contribution in [0.3, 0.4) is 0 Å². The van der Waals surface area contributed by atoms with Gasteiger partial charge in [0.25, 0.3) is 0 Å². The smallest absolute Gasteiger partial charge is 0.0950 e. The summed E-state index contributed by atoms with van der Waals surface area (Å²) in [6.45, 7) is 11.4. The fourth-order valence-corrected chi connectivity index (χ4v) is 2.61. The molecule has 1 aliphatic heterocycles. The molecule has 1 saturated heterocycles. The number of methoxy groups -OCH3 is 1. The van der Waals surface area contributed by atoms with Gasteiger partial charge in [0, 0.05) is 20.2 Å². The van der Waals surface area contributed by atoms with E-state index in [0.717, 1.165) is 19.6 Å². The Bertz CT molecular complexity index is 236. The number of ether oxygens (including phenoxy) is 1. The summed E-state index contributed by atoms with van der Waals surface area (Å²) in [5.74, 6) is 0. The van der Waals surface area contributed by atoms with Gasteiger partial charge < -0.3 is 14.7 Å². The standard InChI is InChI=1S/C14H29NO2/c1-6-14(7-2)8-9-15(11-14)10-12(16)13(3,4)17-5/h12,16H,6-11H2,1-5H3. The molecule has 0 aliphatic carbocycles. The van der Waals surface area contributed by atoms with Crippen molar-refractivity contribution >= 4 is 0 Å². The molecule has 0 spiro atoms. The maximum atomic E-state index is 10.2. The van der Waals surface area contributed by atoms with Gasteiger partial charge in [-0.2, -0.15) is 0 Å². The third-order valence-electron chi connectivity index (χ3n) is 4.78. The zero-order valence-electron chi connectivity index (χ0n) is 12.1. The van der Waals surface area contributed by atoms with Crippen LogP contribution in [-0.4, -0.2) is 48.5 Å². The zero-order valence-corrected chi connectivity index (χ0v) is 12.1. The SMILES string of the molecule is CCC1(CC)CCN(CC(O)C(C)(C)OC)C1. The molecular weight excluding hydrogens is 214 g/mol. The number of aliphatic hydroxyl groups excluding tert-OH is 1. The van der Waals surface area contributed by atoms with Crippen molar-refractivity contribution in [3.63, 3.8) is 0 Å². The number of β-amino-alcohol motifs (C(OH)–C–C–N with tert-alkyl or cyclic N) is 1. The van der Waals surface area contributed by atoms with Crippen molar-refractivity contribution in [2.75, 3.05) is 26.7 Å². The summed E-state index contributed by atoms with van der Waals surface area (Å²) >= 11 is 0. The summed E-state index contributed by atoms with van der Waals surface area (Å²) in [6, 6.07) is 0. The number of likely N-dealkylation sites (tertiary alicyclic amines) is 1. The van der Waals surface area contributed by atoms with Gasteiger partial charge in [-0.05, 0) is 45.1 Å². The molecule has 0 aromatic heterocycles. The van der Waals surface area contributed by atoms with Gasteiger partial charge in [0.1, 0.15) is 0 Å². The van der Waals surface area contributed by atoms with Crippen LogP contribution < -0.4 is 0 Å². The molecule has 1 atom stereocenters. The van der Waals surface area contributed by atoms with Crippen molar-refractivity contribution < 1.29 is 9.84 Å². The first kappa shape index (κ1) is 14.9. The van der Waals surface area contributed by atoms with Crippen LogP contribution in [-0.2, 0) is 4.74 Å². The molecule has 3 heteroatoms. The van der Waals surface area contributed by atoms with Crippen LogP contribution in [0, 0.1) is 5.41 Å². The molecule has 1 unspecified atom stereocenters. The van der Waals surface area contributed by atoms with Gasteiger partial charge >= 0.3 is 0 Å². The van der Waals surface area contributed by atoms with E-state index in [2.05, 4.69) is 18.7 Å². The number of nitrogens with zero attached hydrogens (tertiary/aromatic N) is 1. The normalized spacial score (nSPS) is 22.9. The zero-order chi connectivity index (χ0) is 13.1. The molecule has 1 aliphatic rings. The lowest BCUT2D eigenvalue weighted by Crippen LogP contribution is -2.46. The topological polar surface area (TPSA) is 32.7 Å². The molecule has 1 rings (SSSR count). The van der Waals surface area contributed by atoms with Crippen LogP contribution in [0.4, 0.5) is 0 Å². The quantitative estimate of drug-likeness (QED) is 0.777. The van der Waals surface area contributed by atoms with E-state index in [-0.39, 0.29) is 0 Å². The summed E-state index contributed by atoms with van der Waals surface area (Å²) in [7, 11) is 1.66. The van der Waals surface area contributed by atoms with E-state index in [1.54, 1.807) is 7.11 Å². The average Bonchev–Trinajstić information content (AvgIpc) is 2.73. The van der Waals surface area contributed by atoms with Crippen LogP contribution in [0.15, 0.2) is 0 Å². The summed E-state index contributed by atoms with van der Waals surface area (Å²) in [4.78, 5) is 2.39. The minimum absolute atomic E-state index is 0.419. The summed E-state index contributed by atoms with van der Waals surface area (Å²) in [5.41, 5.74) is 0.0284. The highest BCUT2D eigenvalue weighted by atomic mass is 16.5. The van der Waals surface area contributed by atoms with Gasteiger partial charge in [0.2, 0.25) is 0 Å². The Labute approximate surface area is 106 Å². The molecule has 0 aromatic carbocycles. The van der Waals surface area contributed by atoms with E-state index in [9.17, 15) is 5.11 Å². The highest BCUT2D eigenvalue weighted by molar-refractivity contribution is 4.90. The lowest BCUT2D eigenvalue weighted by atomic mass is 9.82. The predicted octanol–water partition coefficient (Wildman–Crippen LogP) is 2.28. The molecule has 102 valence electrons. The second kappa shape index (κ2) is 5.68. The highest BCUT2D eigenvalue weighted by Crippen LogP contribution is 2.37. The molecule has 0 radical (unpaired) electrons. The van der Waals surface area contributed by atoms with Gasteiger partial charge in [-0.1, -0.05) is 13.8 Å². The van der Waals surface area contributed by atoms with Crippen LogP contribution in [0.2, 0.25) is 0 Å². The molecule has 0 amide bonds. The number of hydrogen-bond acceptors (Lipinski definition) is 3. The highest BCUT2D eigenvalue weighted by Gasteiger charge is 2.37. The second-order valence-corrected chi connectivity index (χ2v) is 6.02.